The number of hydrogen-bond acceptors (Lipinski definition) is 8. The first kappa shape index (κ1) is 29.9. The van der Waals surface area contributed by atoms with Gasteiger partial charge in [-0.15, -0.1) is 0 Å². The molecule has 0 N–H and O–H groups in total. The van der Waals surface area contributed by atoms with Gasteiger partial charge in [-0.1, -0.05) is 37.1 Å². The summed E-state index contributed by atoms with van der Waals surface area (Å²) in [5.74, 6) is -3.19. The summed E-state index contributed by atoms with van der Waals surface area (Å²) in [5, 5.41) is 0.563. The third kappa shape index (κ3) is 6.81. The molecule has 1 aliphatic heterocycles. The Hall–Kier alpha value is -3.03. The third-order valence-electron chi connectivity index (χ3n) is 6.69. The highest BCUT2D eigenvalue weighted by Gasteiger charge is 2.35. The zero-order valence-electron chi connectivity index (χ0n) is 21.9. The monoisotopic (exact) mass is 614 g/mol. The lowest BCUT2D eigenvalue weighted by Crippen LogP contribution is -2.45. The summed E-state index contributed by atoms with van der Waals surface area (Å²) in [7, 11) is -3.33. The van der Waals surface area contributed by atoms with Crippen molar-refractivity contribution in [3.05, 3.63) is 64.9 Å². The van der Waals surface area contributed by atoms with Crippen molar-refractivity contribution >= 4 is 44.4 Å². The molecule has 14 heteroatoms. The highest BCUT2D eigenvalue weighted by Crippen LogP contribution is 2.36. The second-order valence-electron chi connectivity index (χ2n) is 9.34. The van der Waals surface area contributed by atoms with Gasteiger partial charge in [0.05, 0.1) is 13.2 Å². The minimum atomic E-state index is -4.51. The fourth-order valence-corrected chi connectivity index (χ4v) is 6.55. The first-order valence-corrected chi connectivity index (χ1v) is 15.3. The Morgan fingerprint density at radius 3 is 2.67 bits per heavy atom. The number of sulfonamides is 1. The van der Waals surface area contributed by atoms with E-state index in [0.29, 0.717) is 30.7 Å². The molecule has 1 fully saturated rings. The molecule has 1 aromatic heterocycles. The predicted octanol–water partition coefficient (Wildman–Crippen LogP) is 5.72. The van der Waals surface area contributed by atoms with Gasteiger partial charge in [0.15, 0.2) is 11.6 Å². The van der Waals surface area contributed by atoms with Crippen LogP contribution in [0, 0.1) is 17.6 Å². The number of hydrogen-bond donors (Lipinski definition) is 0. The summed E-state index contributed by atoms with van der Waals surface area (Å²) in [4.78, 5) is 17.2. The molecule has 2 atom stereocenters. The molecule has 0 saturated carbocycles. The van der Waals surface area contributed by atoms with E-state index in [9.17, 15) is 17.6 Å². The first-order valence-electron chi connectivity index (χ1n) is 12.7. The van der Waals surface area contributed by atoms with Gasteiger partial charge in [0.2, 0.25) is 5.13 Å². The zero-order chi connectivity index (χ0) is 28.9. The number of unbranched alkanes of at least 4 members (excludes halogenated alkanes) is 1. The van der Waals surface area contributed by atoms with Gasteiger partial charge in [0.1, 0.15) is 17.0 Å². The number of anilines is 1. The van der Waals surface area contributed by atoms with Gasteiger partial charge in [0, 0.05) is 48.7 Å². The topological polar surface area (TPSA) is 102 Å². The van der Waals surface area contributed by atoms with Gasteiger partial charge < -0.3 is 14.4 Å². The summed E-state index contributed by atoms with van der Waals surface area (Å²) in [5.41, 5.74) is 0.957. The first-order chi connectivity index (χ1) is 19.1. The van der Waals surface area contributed by atoms with E-state index in [1.165, 1.54) is 7.05 Å². The van der Waals surface area contributed by atoms with Gasteiger partial charge in [-0.2, -0.15) is 4.37 Å². The highest BCUT2D eigenvalue weighted by atomic mass is 35.5. The second-order valence-corrected chi connectivity index (χ2v) is 12.5. The van der Waals surface area contributed by atoms with E-state index in [0.717, 1.165) is 46.6 Å². The van der Waals surface area contributed by atoms with E-state index in [4.69, 9.17) is 21.1 Å². The summed E-state index contributed by atoms with van der Waals surface area (Å²) >= 11 is 6.85. The fraction of sp³-hybridized carbons (Fsp3) is 0.423. The molecule has 0 aliphatic carbocycles. The number of likely N-dealkylation sites (tertiary alicyclic amines) is 1. The van der Waals surface area contributed by atoms with Crippen molar-refractivity contribution < 1.29 is 31.5 Å². The van der Waals surface area contributed by atoms with Crippen LogP contribution in [-0.2, 0) is 14.8 Å². The molecular weight excluding hydrogens is 586 g/mol. The van der Waals surface area contributed by atoms with Gasteiger partial charge in [-0.25, -0.2) is 31.3 Å². The lowest BCUT2D eigenvalue weighted by atomic mass is 9.81. The van der Waals surface area contributed by atoms with Crippen LogP contribution in [0.3, 0.4) is 0 Å². The number of halogens is 3. The summed E-state index contributed by atoms with van der Waals surface area (Å²) in [6.07, 6.45) is 2.93. The molecule has 1 aliphatic rings. The van der Waals surface area contributed by atoms with Crippen LogP contribution in [0.25, 0.3) is 0 Å². The number of carbonyl (C=O) groups excluding carboxylic acids is 1. The van der Waals surface area contributed by atoms with E-state index in [2.05, 4.69) is 9.36 Å². The third-order valence-corrected chi connectivity index (χ3v) is 9.55. The number of rotatable bonds is 10. The Labute approximate surface area is 240 Å². The van der Waals surface area contributed by atoms with E-state index >= 15 is 4.39 Å². The summed E-state index contributed by atoms with van der Waals surface area (Å²) < 4.78 is 71.8. The molecule has 9 nitrogen and oxygen atoms in total. The van der Waals surface area contributed by atoms with Crippen molar-refractivity contribution in [1.29, 1.82) is 0 Å². The van der Waals surface area contributed by atoms with Crippen molar-refractivity contribution in [2.45, 2.75) is 37.0 Å². The Morgan fingerprint density at radius 1 is 1.25 bits per heavy atom. The molecule has 1 saturated heterocycles. The number of aromatic nitrogens is 2. The zero-order valence-corrected chi connectivity index (χ0v) is 24.3. The summed E-state index contributed by atoms with van der Waals surface area (Å²) in [6, 6.07) is 8.68. The van der Waals surface area contributed by atoms with Crippen LogP contribution >= 0.6 is 23.1 Å². The van der Waals surface area contributed by atoms with E-state index < -0.39 is 38.4 Å². The quantitative estimate of drug-likeness (QED) is 0.269. The van der Waals surface area contributed by atoms with Crippen LogP contribution in [0.15, 0.2) is 47.6 Å². The minimum Gasteiger partial charge on any atom is -0.490 e. The number of nitrogens with zero attached hydrogens (tertiary/aromatic N) is 4. The largest absolute Gasteiger partial charge is 0.490 e. The lowest BCUT2D eigenvalue weighted by Gasteiger charge is -2.38. The fourth-order valence-electron chi connectivity index (χ4n) is 4.50. The average Bonchev–Trinajstić information content (AvgIpc) is 3.48. The van der Waals surface area contributed by atoms with Crippen LogP contribution in [0.5, 0.6) is 5.75 Å². The number of piperidine rings is 1. The number of carbonyl (C=O) groups is 1. The van der Waals surface area contributed by atoms with Crippen LogP contribution in [0.2, 0.25) is 5.02 Å². The predicted molar refractivity (Wildman–Crippen MR) is 147 cm³/mol. The maximum atomic E-state index is 15.5. The van der Waals surface area contributed by atoms with Crippen LogP contribution in [0.4, 0.5) is 18.7 Å². The van der Waals surface area contributed by atoms with Crippen molar-refractivity contribution in [1.82, 2.24) is 14.3 Å². The molecule has 3 aromatic rings. The molecule has 40 heavy (non-hydrogen) atoms. The van der Waals surface area contributed by atoms with Crippen LogP contribution in [0.1, 0.15) is 37.7 Å². The molecule has 1 unspecified atom stereocenters. The molecule has 0 radical (unpaired) electrons. The summed E-state index contributed by atoms with van der Waals surface area (Å²) in [6.45, 7) is 2.89. The number of amides is 1. The SMILES string of the molecule is CCCCOC(=O)N1CC[C@@H](c2ccc(Cl)cc2)C(COc2cc(F)cc(S(=O)(=O)N(C)c3ncns3)c2F)C1. The molecule has 0 spiro atoms. The number of ether oxygens (including phenoxy) is 2. The van der Waals surface area contributed by atoms with Crippen molar-refractivity contribution in [3.8, 4) is 5.75 Å². The number of benzene rings is 2. The van der Waals surface area contributed by atoms with Crippen molar-refractivity contribution in [2.24, 2.45) is 5.92 Å². The van der Waals surface area contributed by atoms with Gasteiger partial charge in [-0.05, 0) is 42.5 Å². The van der Waals surface area contributed by atoms with E-state index in [-0.39, 0.29) is 30.1 Å². The molecule has 2 aromatic carbocycles. The van der Waals surface area contributed by atoms with E-state index in [1.54, 1.807) is 17.0 Å². The normalized spacial score (nSPS) is 17.5. The van der Waals surface area contributed by atoms with Crippen LogP contribution < -0.4 is 9.04 Å². The van der Waals surface area contributed by atoms with E-state index in [1.807, 2.05) is 19.1 Å². The van der Waals surface area contributed by atoms with Gasteiger partial charge in [-0.3, -0.25) is 0 Å². The van der Waals surface area contributed by atoms with Crippen LogP contribution in [-0.4, -0.2) is 62.1 Å². The standard InChI is InChI=1S/C26H29ClF2N4O5S2/c1-3-4-11-37-26(34)33-10-9-21(17-5-7-19(27)8-6-17)18(14-33)15-38-22-12-20(28)13-23(24(22)29)40(35,36)32(2)25-30-16-31-39-25/h5-8,12-13,16,18,21H,3-4,9-11,14-15H2,1-2H3/t18?,21-/m0/s1. The Balaban J connectivity index is 1.57. The Kier molecular flexibility index (Phi) is 9.80. The minimum absolute atomic E-state index is 0.00921. The molecule has 1 amide bonds. The van der Waals surface area contributed by atoms with Crippen molar-refractivity contribution in [3.63, 3.8) is 0 Å². The molecular formula is C26H29ClF2N4O5S2. The smallest absolute Gasteiger partial charge is 0.409 e. The molecule has 4 rings (SSSR count). The molecule has 2 heterocycles. The average molecular weight is 615 g/mol. The lowest BCUT2D eigenvalue weighted by molar-refractivity contribution is 0.0671. The maximum Gasteiger partial charge on any atom is 0.409 e. The van der Waals surface area contributed by atoms with Gasteiger partial charge in [0.25, 0.3) is 10.0 Å². The second kappa shape index (κ2) is 13.1. The molecule has 0 bridgehead atoms. The highest BCUT2D eigenvalue weighted by molar-refractivity contribution is 7.93. The van der Waals surface area contributed by atoms with Gasteiger partial charge >= 0.3 is 6.09 Å². The Morgan fingerprint density at radius 2 is 2.00 bits per heavy atom. The molecule has 216 valence electrons. The maximum absolute atomic E-state index is 15.5. The Bertz CT molecular complexity index is 1410. The van der Waals surface area contributed by atoms with Crippen molar-refractivity contribution in [2.75, 3.05) is 37.7 Å².